The van der Waals surface area contributed by atoms with Crippen LogP contribution in [0.25, 0.3) is 0 Å². The number of hydrogen-bond acceptors (Lipinski definition) is 4. The van der Waals surface area contributed by atoms with Crippen molar-refractivity contribution in [2.45, 2.75) is 25.8 Å². The number of benzene rings is 2. The number of piperazine rings is 1. The summed E-state index contributed by atoms with van der Waals surface area (Å²) in [5.41, 5.74) is 4.99. The molecule has 2 aromatic rings. The Kier molecular flexibility index (Phi) is 4.69. The number of ether oxygens (including phenoxy) is 2. The fourth-order valence-electron chi connectivity index (χ4n) is 4.39. The summed E-state index contributed by atoms with van der Waals surface area (Å²) in [5.74, 6) is 2.24. The van der Waals surface area contributed by atoms with Gasteiger partial charge in [0.15, 0.2) is 0 Å². The first-order chi connectivity index (χ1) is 13.7. The molecular weight excluding hydrogens is 352 g/mol. The predicted octanol–water partition coefficient (Wildman–Crippen LogP) is 2.44. The maximum Gasteiger partial charge on any atom is 0.227 e. The molecule has 0 N–H and O–H groups in total. The van der Waals surface area contributed by atoms with Crippen LogP contribution in [-0.2, 0) is 30.6 Å². The number of nitrogens with zero attached hydrogens (tertiary/aromatic N) is 2. The Balaban J connectivity index is 1.14. The van der Waals surface area contributed by atoms with Crippen LogP contribution in [0.1, 0.15) is 22.3 Å². The summed E-state index contributed by atoms with van der Waals surface area (Å²) < 4.78 is 11.1. The molecular formula is C23H26N2O3. The molecule has 0 aromatic heterocycles. The normalized spacial score (nSPS) is 18.4. The highest BCUT2D eigenvalue weighted by Gasteiger charge is 2.22. The Hall–Kier alpha value is -2.53. The van der Waals surface area contributed by atoms with Crippen LogP contribution in [-0.4, -0.2) is 55.1 Å². The van der Waals surface area contributed by atoms with Crippen LogP contribution >= 0.6 is 0 Å². The van der Waals surface area contributed by atoms with Crippen molar-refractivity contribution in [2.75, 3.05) is 39.4 Å². The minimum absolute atomic E-state index is 0.230. The van der Waals surface area contributed by atoms with E-state index in [1.807, 2.05) is 17.0 Å². The van der Waals surface area contributed by atoms with Gasteiger partial charge >= 0.3 is 0 Å². The summed E-state index contributed by atoms with van der Waals surface area (Å²) >= 11 is 0. The van der Waals surface area contributed by atoms with Gasteiger partial charge in [0.1, 0.15) is 11.5 Å². The van der Waals surface area contributed by atoms with Gasteiger partial charge in [-0.15, -0.1) is 0 Å². The molecule has 5 heteroatoms. The SMILES string of the molecule is O=C(Cc1ccc2c(c1)CCO2)N1CCN(Cc2ccc3c(c2)CCO3)CC1. The zero-order chi connectivity index (χ0) is 18.9. The lowest BCUT2D eigenvalue weighted by Crippen LogP contribution is -2.48. The third-order valence-corrected chi connectivity index (χ3v) is 5.99. The number of carbonyl (C=O) groups is 1. The highest BCUT2D eigenvalue weighted by atomic mass is 16.5. The largest absolute Gasteiger partial charge is 0.493 e. The zero-order valence-electron chi connectivity index (χ0n) is 16.2. The first-order valence-corrected chi connectivity index (χ1v) is 10.2. The predicted molar refractivity (Wildman–Crippen MR) is 107 cm³/mol. The van der Waals surface area contributed by atoms with Crippen LogP contribution < -0.4 is 9.47 Å². The van der Waals surface area contributed by atoms with Crippen molar-refractivity contribution < 1.29 is 14.3 Å². The van der Waals surface area contributed by atoms with E-state index in [0.29, 0.717) is 6.42 Å². The Morgan fingerprint density at radius 3 is 2.11 bits per heavy atom. The molecule has 0 saturated carbocycles. The average Bonchev–Trinajstić information content (AvgIpc) is 3.36. The van der Waals surface area contributed by atoms with Crippen molar-refractivity contribution in [3.8, 4) is 11.5 Å². The highest BCUT2D eigenvalue weighted by Crippen LogP contribution is 2.27. The summed E-state index contributed by atoms with van der Waals surface area (Å²) in [6, 6.07) is 12.7. The number of carbonyl (C=O) groups excluding carboxylic acids is 1. The monoisotopic (exact) mass is 378 g/mol. The molecule has 1 saturated heterocycles. The van der Waals surface area contributed by atoms with E-state index in [1.165, 1.54) is 16.7 Å². The van der Waals surface area contributed by atoms with Gasteiger partial charge in [0, 0.05) is 45.6 Å². The third kappa shape index (κ3) is 3.59. The van der Waals surface area contributed by atoms with Crippen LogP contribution in [0.3, 0.4) is 0 Å². The van der Waals surface area contributed by atoms with Gasteiger partial charge in [-0.25, -0.2) is 0 Å². The van der Waals surface area contributed by atoms with Crippen molar-refractivity contribution in [3.63, 3.8) is 0 Å². The second-order valence-electron chi connectivity index (χ2n) is 7.91. The van der Waals surface area contributed by atoms with Crippen molar-refractivity contribution in [2.24, 2.45) is 0 Å². The molecule has 146 valence electrons. The molecule has 1 fully saturated rings. The lowest BCUT2D eigenvalue weighted by Gasteiger charge is -2.35. The van der Waals surface area contributed by atoms with E-state index in [4.69, 9.17) is 9.47 Å². The highest BCUT2D eigenvalue weighted by molar-refractivity contribution is 5.79. The van der Waals surface area contributed by atoms with Crippen LogP contribution in [0, 0.1) is 0 Å². The maximum atomic E-state index is 12.7. The molecule has 0 bridgehead atoms. The fraction of sp³-hybridized carbons (Fsp3) is 0.435. The number of fused-ring (bicyclic) bond motifs is 2. The first kappa shape index (κ1) is 17.6. The van der Waals surface area contributed by atoms with Crippen molar-refractivity contribution in [3.05, 3.63) is 58.7 Å². The third-order valence-electron chi connectivity index (χ3n) is 5.99. The Bertz CT molecular complexity index is 887. The Morgan fingerprint density at radius 1 is 0.821 bits per heavy atom. The van der Waals surface area contributed by atoms with Gasteiger partial charge in [-0.1, -0.05) is 24.3 Å². The summed E-state index contributed by atoms with van der Waals surface area (Å²) in [4.78, 5) is 17.2. The zero-order valence-corrected chi connectivity index (χ0v) is 16.2. The summed E-state index contributed by atoms with van der Waals surface area (Å²) in [5, 5.41) is 0. The maximum absolute atomic E-state index is 12.7. The molecule has 2 aromatic carbocycles. The van der Waals surface area contributed by atoms with Crippen molar-refractivity contribution in [1.29, 1.82) is 0 Å². The second kappa shape index (κ2) is 7.47. The van der Waals surface area contributed by atoms with Crippen LogP contribution in [0.2, 0.25) is 0 Å². The summed E-state index contributed by atoms with van der Waals surface area (Å²) in [6.07, 6.45) is 2.45. The molecule has 0 radical (unpaired) electrons. The van der Waals surface area contributed by atoms with E-state index < -0.39 is 0 Å². The van der Waals surface area contributed by atoms with E-state index in [2.05, 4.69) is 29.2 Å². The molecule has 3 heterocycles. The molecule has 0 atom stereocenters. The molecule has 5 nitrogen and oxygen atoms in total. The Morgan fingerprint density at radius 2 is 1.43 bits per heavy atom. The lowest BCUT2D eigenvalue weighted by molar-refractivity contribution is -0.132. The van der Waals surface area contributed by atoms with Gasteiger partial charge < -0.3 is 14.4 Å². The van der Waals surface area contributed by atoms with E-state index in [-0.39, 0.29) is 5.91 Å². The molecule has 0 aliphatic carbocycles. The van der Waals surface area contributed by atoms with E-state index >= 15 is 0 Å². The van der Waals surface area contributed by atoms with Crippen molar-refractivity contribution >= 4 is 5.91 Å². The summed E-state index contributed by atoms with van der Waals surface area (Å²) in [7, 11) is 0. The summed E-state index contributed by atoms with van der Waals surface area (Å²) in [6.45, 7) is 5.97. The van der Waals surface area contributed by atoms with Crippen LogP contribution in [0.15, 0.2) is 36.4 Å². The van der Waals surface area contributed by atoms with Crippen LogP contribution in [0.5, 0.6) is 11.5 Å². The minimum atomic E-state index is 0.230. The van der Waals surface area contributed by atoms with Gasteiger partial charge in [0.05, 0.1) is 19.6 Å². The van der Waals surface area contributed by atoms with Gasteiger partial charge in [-0.05, 0) is 34.4 Å². The van der Waals surface area contributed by atoms with E-state index in [0.717, 1.165) is 75.8 Å². The average molecular weight is 378 g/mol. The Labute approximate surface area is 165 Å². The molecule has 0 spiro atoms. The fourth-order valence-corrected chi connectivity index (χ4v) is 4.39. The van der Waals surface area contributed by atoms with Gasteiger partial charge in [-0.3, -0.25) is 9.69 Å². The number of amides is 1. The molecule has 1 amide bonds. The van der Waals surface area contributed by atoms with Gasteiger partial charge in [0.2, 0.25) is 5.91 Å². The van der Waals surface area contributed by atoms with Gasteiger partial charge in [-0.2, -0.15) is 0 Å². The lowest BCUT2D eigenvalue weighted by atomic mass is 10.1. The number of rotatable bonds is 4. The minimum Gasteiger partial charge on any atom is -0.493 e. The smallest absolute Gasteiger partial charge is 0.227 e. The van der Waals surface area contributed by atoms with Crippen molar-refractivity contribution in [1.82, 2.24) is 9.80 Å². The van der Waals surface area contributed by atoms with E-state index in [1.54, 1.807) is 0 Å². The quantitative estimate of drug-likeness (QED) is 0.820. The number of hydrogen-bond donors (Lipinski definition) is 0. The molecule has 3 aliphatic rings. The molecule has 3 aliphatic heterocycles. The second-order valence-corrected chi connectivity index (χ2v) is 7.91. The molecule has 0 unspecified atom stereocenters. The van der Waals surface area contributed by atoms with Crippen LogP contribution in [0.4, 0.5) is 0 Å². The standard InChI is InChI=1S/C23H26N2O3/c26-23(15-17-1-3-21-19(13-17)5-11-27-21)25-9-7-24(8-10-25)16-18-2-4-22-20(14-18)6-12-28-22/h1-4,13-14H,5-12,15-16H2. The topological polar surface area (TPSA) is 42.0 Å². The molecule has 5 rings (SSSR count). The van der Waals surface area contributed by atoms with E-state index in [9.17, 15) is 4.79 Å². The first-order valence-electron chi connectivity index (χ1n) is 10.2. The van der Waals surface area contributed by atoms with Gasteiger partial charge in [0.25, 0.3) is 0 Å². The molecule has 28 heavy (non-hydrogen) atoms.